The molecule has 0 aliphatic carbocycles. The van der Waals surface area contributed by atoms with Crippen LogP contribution in [0.15, 0.2) is 94.8 Å². The van der Waals surface area contributed by atoms with Gasteiger partial charge in [-0.15, -0.1) is 0 Å². The number of hydrogen-bond acceptors (Lipinski definition) is 7. The van der Waals surface area contributed by atoms with Crippen LogP contribution in [0.25, 0.3) is 10.8 Å². The van der Waals surface area contributed by atoms with Gasteiger partial charge in [-0.3, -0.25) is 15.1 Å². The van der Waals surface area contributed by atoms with E-state index < -0.39 is 20.9 Å². The summed E-state index contributed by atoms with van der Waals surface area (Å²) in [6.45, 7) is 0.399. The van der Waals surface area contributed by atoms with E-state index in [1.165, 1.54) is 36.4 Å². The number of sulfonamides is 1. The zero-order chi connectivity index (χ0) is 25.7. The second kappa shape index (κ2) is 10.5. The first-order valence-corrected chi connectivity index (χ1v) is 12.4. The number of carbonyl (C=O) groups excluding carboxylic acids is 1. The largest absolute Gasteiger partial charge is 0.422 e. The molecule has 0 unspecified atom stereocenters. The van der Waals surface area contributed by atoms with Crippen LogP contribution in [0.2, 0.25) is 0 Å². The number of nitrogens with zero attached hydrogens (tertiary/aromatic N) is 2. The van der Waals surface area contributed by atoms with Crippen molar-refractivity contribution in [2.75, 3.05) is 6.54 Å². The van der Waals surface area contributed by atoms with Crippen molar-refractivity contribution < 1.29 is 22.9 Å². The fourth-order valence-corrected chi connectivity index (χ4v) is 4.11. The quantitative estimate of drug-likeness (QED) is 0.125. The molecular weight excluding hydrogens is 482 g/mol. The van der Waals surface area contributed by atoms with Gasteiger partial charge in [0.25, 0.3) is 5.69 Å². The highest BCUT2D eigenvalue weighted by Crippen LogP contribution is 2.28. The molecule has 0 saturated heterocycles. The number of carbonyl (C=O) groups is 1. The number of aliphatic imine (C=N–C) groups is 1. The molecule has 0 amide bonds. The number of rotatable bonds is 8. The highest BCUT2D eigenvalue weighted by atomic mass is 32.2. The van der Waals surface area contributed by atoms with E-state index in [1.54, 1.807) is 24.4 Å². The van der Waals surface area contributed by atoms with E-state index in [1.807, 2.05) is 30.3 Å². The maximum Gasteiger partial charge on any atom is 0.343 e. The number of non-ortho nitro benzene ring substituents is 1. The Morgan fingerprint density at radius 3 is 2.47 bits per heavy atom. The van der Waals surface area contributed by atoms with Crippen molar-refractivity contribution in [3.05, 3.63) is 112 Å². The van der Waals surface area contributed by atoms with E-state index in [0.29, 0.717) is 18.5 Å². The molecule has 182 valence electrons. The van der Waals surface area contributed by atoms with Gasteiger partial charge in [-0.1, -0.05) is 48.5 Å². The van der Waals surface area contributed by atoms with Crippen LogP contribution in [0.5, 0.6) is 5.75 Å². The number of nitrogens with two attached hydrogens (primary N) is 1. The predicted molar refractivity (Wildman–Crippen MR) is 136 cm³/mol. The van der Waals surface area contributed by atoms with Crippen molar-refractivity contribution in [3.63, 3.8) is 0 Å². The minimum absolute atomic E-state index is 0.0423. The number of hydrogen-bond donors (Lipinski definition) is 1. The van der Waals surface area contributed by atoms with Gasteiger partial charge in [-0.25, -0.2) is 18.4 Å². The Balaban J connectivity index is 1.56. The Morgan fingerprint density at radius 2 is 1.75 bits per heavy atom. The van der Waals surface area contributed by atoms with Crippen LogP contribution >= 0.6 is 0 Å². The summed E-state index contributed by atoms with van der Waals surface area (Å²) >= 11 is 0. The monoisotopic (exact) mass is 503 g/mol. The van der Waals surface area contributed by atoms with E-state index in [2.05, 4.69) is 4.99 Å². The summed E-state index contributed by atoms with van der Waals surface area (Å²) in [5.41, 5.74) is 1.33. The van der Waals surface area contributed by atoms with Crippen LogP contribution in [0.1, 0.15) is 21.5 Å². The van der Waals surface area contributed by atoms with Crippen molar-refractivity contribution in [2.45, 2.75) is 11.3 Å². The summed E-state index contributed by atoms with van der Waals surface area (Å²) in [5, 5.41) is 17.9. The molecule has 2 N–H and O–H groups in total. The summed E-state index contributed by atoms with van der Waals surface area (Å²) in [6, 6.07) is 22.6. The topological polar surface area (TPSA) is 142 Å². The highest BCUT2D eigenvalue weighted by Gasteiger charge is 2.16. The van der Waals surface area contributed by atoms with Crippen molar-refractivity contribution in [1.29, 1.82) is 0 Å². The van der Waals surface area contributed by atoms with E-state index in [-0.39, 0.29) is 21.9 Å². The number of nitro benzene ring substituents is 1. The van der Waals surface area contributed by atoms with E-state index in [9.17, 15) is 23.3 Å². The third-order valence-corrected chi connectivity index (χ3v) is 6.36. The van der Waals surface area contributed by atoms with Gasteiger partial charge in [0.1, 0.15) is 5.75 Å². The molecule has 0 aromatic heterocycles. The lowest BCUT2D eigenvalue weighted by atomic mass is 10.0. The molecule has 0 saturated carbocycles. The lowest BCUT2D eigenvalue weighted by Crippen LogP contribution is -2.11. The molecule has 0 aliphatic heterocycles. The molecule has 0 atom stereocenters. The summed E-state index contributed by atoms with van der Waals surface area (Å²) in [7, 11) is -3.75. The lowest BCUT2D eigenvalue weighted by molar-refractivity contribution is -0.384. The van der Waals surface area contributed by atoms with Gasteiger partial charge >= 0.3 is 5.97 Å². The molecular formula is C26H21N3O6S. The molecule has 0 spiro atoms. The highest BCUT2D eigenvalue weighted by molar-refractivity contribution is 7.89. The van der Waals surface area contributed by atoms with E-state index >= 15 is 0 Å². The first-order chi connectivity index (χ1) is 17.2. The van der Waals surface area contributed by atoms with Crippen molar-refractivity contribution >= 4 is 38.7 Å². The molecule has 0 aliphatic rings. The fraction of sp³-hybridized carbons (Fsp3) is 0.0769. The Bertz CT molecular complexity index is 1580. The predicted octanol–water partition coefficient (Wildman–Crippen LogP) is 4.28. The first kappa shape index (κ1) is 24.7. The minimum Gasteiger partial charge on any atom is -0.422 e. The molecule has 0 heterocycles. The molecule has 0 fully saturated rings. The normalized spacial score (nSPS) is 11.6. The van der Waals surface area contributed by atoms with Crippen LogP contribution in [0.3, 0.4) is 0 Å². The van der Waals surface area contributed by atoms with Crippen LogP contribution in [-0.2, 0) is 16.4 Å². The van der Waals surface area contributed by atoms with Gasteiger partial charge in [0.15, 0.2) is 0 Å². The van der Waals surface area contributed by atoms with Gasteiger partial charge in [-0.05, 0) is 47.0 Å². The average Bonchev–Trinajstić information content (AvgIpc) is 2.87. The van der Waals surface area contributed by atoms with E-state index in [0.717, 1.165) is 16.3 Å². The number of primary sulfonamides is 1. The third-order valence-electron chi connectivity index (χ3n) is 5.43. The molecule has 9 nitrogen and oxygen atoms in total. The maximum absolute atomic E-state index is 12.7. The lowest BCUT2D eigenvalue weighted by Gasteiger charge is -2.10. The summed E-state index contributed by atoms with van der Waals surface area (Å²) in [6.07, 6.45) is 2.17. The Hall–Kier alpha value is -4.41. The van der Waals surface area contributed by atoms with Gasteiger partial charge in [-0.2, -0.15) is 0 Å². The summed E-state index contributed by atoms with van der Waals surface area (Å²) in [5.74, 6) is -0.454. The molecule has 0 radical (unpaired) electrons. The zero-order valence-corrected chi connectivity index (χ0v) is 19.7. The molecule has 10 heteroatoms. The number of nitro groups is 1. The first-order valence-electron chi connectivity index (χ1n) is 10.8. The second-order valence-corrected chi connectivity index (χ2v) is 9.43. The van der Waals surface area contributed by atoms with Crippen LogP contribution in [0, 0.1) is 10.1 Å². The van der Waals surface area contributed by atoms with Gasteiger partial charge in [0.05, 0.1) is 15.4 Å². The molecule has 4 aromatic carbocycles. The van der Waals surface area contributed by atoms with Crippen molar-refractivity contribution in [1.82, 2.24) is 0 Å². The van der Waals surface area contributed by atoms with Crippen LogP contribution < -0.4 is 9.88 Å². The Morgan fingerprint density at radius 1 is 1.00 bits per heavy atom. The molecule has 4 rings (SSSR count). The van der Waals surface area contributed by atoms with Crippen LogP contribution in [0.4, 0.5) is 5.69 Å². The molecule has 0 bridgehead atoms. The standard InChI is InChI=1S/C26H21N3O6S/c27-36(33,34)22-11-8-18(9-12-22)14-15-28-17-24-23-7-2-1-4-19(23)10-13-25(24)35-26(30)20-5-3-6-21(16-20)29(31)32/h1-13,16-17H,14-15H2,(H2,27,33,34). The average molecular weight is 504 g/mol. The van der Waals surface area contributed by atoms with Gasteiger partial charge < -0.3 is 4.74 Å². The zero-order valence-electron chi connectivity index (χ0n) is 18.9. The molecule has 36 heavy (non-hydrogen) atoms. The van der Waals surface area contributed by atoms with Gasteiger partial charge in [0, 0.05) is 30.5 Å². The smallest absolute Gasteiger partial charge is 0.343 e. The van der Waals surface area contributed by atoms with E-state index in [4.69, 9.17) is 9.88 Å². The number of ether oxygens (including phenoxy) is 1. The Labute approximate surface area is 207 Å². The van der Waals surface area contributed by atoms with Gasteiger partial charge in [0.2, 0.25) is 10.0 Å². The van der Waals surface area contributed by atoms with Crippen molar-refractivity contribution in [2.24, 2.45) is 10.1 Å². The fourth-order valence-electron chi connectivity index (χ4n) is 3.60. The SMILES string of the molecule is NS(=O)(=O)c1ccc(CCN=Cc2c(OC(=O)c3cccc([N+](=O)[O-])c3)ccc3ccccc23)cc1. The number of esters is 1. The van der Waals surface area contributed by atoms with Crippen LogP contribution in [-0.4, -0.2) is 32.1 Å². The second-order valence-electron chi connectivity index (χ2n) is 7.87. The summed E-state index contributed by atoms with van der Waals surface area (Å²) < 4.78 is 28.4. The third kappa shape index (κ3) is 5.80. The number of benzene rings is 4. The molecule has 4 aromatic rings. The number of fused-ring (bicyclic) bond motifs is 1. The minimum atomic E-state index is -3.75. The maximum atomic E-state index is 12.7. The summed E-state index contributed by atoms with van der Waals surface area (Å²) in [4.78, 5) is 27.8. The van der Waals surface area contributed by atoms with Crippen molar-refractivity contribution in [3.8, 4) is 5.75 Å². The Kier molecular flexibility index (Phi) is 7.18.